The molecule has 1 aromatic rings. The molecule has 1 atom stereocenters. The van der Waals surface area contributed by atoms with E-state index in [9.17, 15) is 14.6 Å². The number of nitrogens with one attached hydrogen (secondary N) is 1. The van der Waals surface area contributed by atoms with Gasteiger partial charge in [0, 0.05) is 12.1 Å². The van der Waals surface area contributed by atoms with Crippen LogP contribution in [-0.4, -0.2) is 23.8 Å². The smallest absolute Gasteiger partial charge is 0.134 e. The summed E-state index contributed by atoms with van der Waals surface area (Å²) in [5.74, 6) is -0.867. The van der Waals surface area contributed by atoms with Crippen molar-refractivity contribution in [2.24, 2.45) is 0 Å². The summed E-state index contributed by atoms with van der Waals surface area (Å²) >= 11 is 5.65. The molecule has 14 heavy (non-hydrogen) atoms. The highest BCUT2D eigenvalue weighted by molar-refractivity contribution is 6.32. The van der Waals surface area contributed by atoms with Crippen molar-refractivity contribution in [3.8, 4) is 5.75 Å². The number of aromatic hydroxyl groups is 1. The fourth-order valence-electron chi connectivity index (χ4n) is 1.16. The molecule has 1 unspecified atom stereocenters. The average molecular weight is 220 g/mol. The van der Waals surface area contributed by atoms with Gasteiger partial charge < -0.3 is 15.5 Å². The third-order valence-corrected chi connectivity index (χ3v) is 2.23. The summed E-state index contributed by atoms with van der Waals surface area (Å²) in [4.78, 5) is 0. The van der Waals surface area contributed by atoms with Crippen LogP contribution in [0, 0.1) is 5.82 Å². The first kappa shape index (κ1) is 11.2. The molecule has 0 aliphatic heterocycles. The summed E-state index contributed by atoms with van der Waals surface area (Å²) in [7, 11) is 1.62. The fourth-order valence-corrected chi connectivity index (χ4v) is 1.44. The predicted molar refractivity (Wildman–Crippen MR) is 52.0 cm³/mol. The normalized spacial score (nSPS) is 12.9. The topological polar surface area (TPSA) is 52.5 Å². The molecule has 0 spiro atoms. The summed E-state index contributed by atoms with van der Waals surface area (Å²) in [6.45, 7) is 0.167. The van der Waals surface area contributed by atoms with Gasteiger partial charge in [-0.1, -0.05) is 11.6 Å². The van der Waals surface area contributed by atoms with Gasteiger partial charge in [-0.25, -0.2) is 4.39 Å². The molecule has 0 radical (unpaired) electrons. The Kier molecular flexibility index (Phi) is 3.69. The second kappa shape index (κ2) is 4.59. The molecule has 0 bridgehead atoms. The molecule has 1 rings (SSSR count). The van der Waals surface area contributed by atoms with Crippen molar-refractivity contribution in [2.45, 2.75) is 6.10 Å². The molecule has 0 aliphatic rings. The third-order valence-electron chi connectivity index (χ3n) is 1.84. The number of phenolic OH excluding ortho intramolecular Hbond substituents is 1. The zero-order chi connectivity index (χ0) is 10.7. The van der Waals surface area contributed by atoms with Crippen molar-refractivity contribution in [1.82, 2.24) is 5.32 Å². The summed E-state index contributed by atoms with van der Waals surface area (Å²) < 4.78 is 13.2. The SMILES string of the molecule is CNCC(O)c1c(F)ccc(O)c1Cl. The van der Waals surface area contributed by atoms with Crippen LogP contribution in [0.4, 0.5) is 4.39 Å². The lowest BCUT2D eigenvalue weighted by Gasteiger charge is -2.13. The lowest BCUT2D eigenvalue weighted by molar-refractivity contribution is 0.172. The minimum atomic E-state index is -1.07. The summed E-state index contributed by atoms with van der Waals surface area (Å²) in [5.41, 5.74) is -0.0824. The van der Waals surface area contributed by atoms with Crippen LogP contribution in [0.3, 0.4) is 0 Å². The number of rotatable bonds is 3. The number of halogens is 2. The summed E-state index contributed by atoms with van der Waals surface area (Å²) in [5, 5.41) is 21.3. The molecular formula is C9H11ClFNO2. The van der Waals surface area contributed by atoms with Crippen LogP contribution in [0.2, 0.25) is 5.02 Å². The molecule has 0 saturated heterocycles. The maximum Gasteiger partial charge on any atom is 0.134 e. The molecule has 0 fully saturated rings. The van der Waals surface area contributed by atoms with Gasteiger partial charge in [-0.15, -0.1) is 0 Å². The molecule has 0 heterocycles. The Hall–Kier alpha value is -0.840. The van der Waals surface area contributed by atoms with E-state index in [2.05, 4.69) is 5.32 Å². The van der Waals surface area contributed by atoms with Gasteiger partial charge >= 0.3 is 0 Å². The predicted octanol–water partition coefficient (Wildman–Crippen LogP) is 1.44. The second-order valence-electron chi connectivity index (χ2n) is 2.87. The van der Waals surface area contributed by atoms with Crippen LogP contribution < -0.4 is 5.32 Å². The van der Waals surface area contributed by atoms with Crippen molar-refractivity contribution < 1.29 is 14.6 Å². The quantitative estimate of drug-likeness (QED) is 0.721. The van der Waals surface area contributed by atoms with Gasteiger partial charge in [-0.3, -0.25) is 0 Å². The Bertz CT molecular complexity index is 333. The van der Waals surface area contributed by atoms with Gasteiger partial charge in [0.15, 0.2) is 0 Å². The zero-order valence-corrected chi connectivity index (χ0v) is 8.35. The van der Waals surface area contributed by atoms with E-state index in [1.807, 2.05) is 0 Å². The number of benzene rings is 1. The van der Waals surface area contributed by atoms with Gasteiger partial charge in [0.2, 0.25) is 0 Å². The minimum Gasteiger partial charge on any atom is -0.506 e. The van der Waals surface area contributed by atoms with Gasteiger partial charge in [-0.05, 0) is 19.2 Å². The molecular weight excluding hydrogens is 209 g/mol. The van der Waals surface area contributed by atoms with Crippen molar-refractivity contribution in [3.63, 3.8) is 0 Å². The number of aliphatic hydroxyl groups is 1. The lowest BCUT2D eigenvalue weighted by atomic mass is 10.1. The molecule has 0 aliphatic carbocycles. The Morgan fingerprint density at radius 1 is 1.57 bits per heavy atom. The van der Waals surface area contributed by atoms with Crippen molar-refractivity contribution in [2.75, 3.05) is 13.6 Å². The van der Waals surface area contributed by atoms with Crippen molar-refractivity contribution in [1.29, 1.82) is 0 Å². The summed E-state index contributed by atoms with van der Waals surface area (Å²) in [6.07, 6.45) is -1.07. The highest BCUT2D eigenvalue weighted by atomic mass is 35.5. The van der Waals surface area contributed by atoms with Crippen molar-refractivity contribution in [3.05, 3.63) is 28.5 Å². The van der Waals surface area contributed by atoms with Gasteiger partial charge in [-0.2, -0.15) is 0 Å². The van der Waals surface area contributed by atoms with Crippen molar-refractivity contribution >= 4 is 11.6 Å². The largest absolute Gasteiger partial charge is 0.506 e. The number of phenols is 1. The number of likely N-dealkylation sites (N-methyl/N-ethyl adjacent to an activating group) is 1. The van der Waals surface area contributed by atoms with E-state index in [-0.39, 0.29) is 22.9 Å². The average Bonchev–Trinajstić information content (AvgIpc) is 2.13. The maximum absolute atomic E-state index is 13.2. The Morgan fingerprint density at radius 3 is 2.79 bits per heavy atom. The fraction of sp³-hybridized carbons (Fsp3) is 0.333. The Morgan fingerprint density at radius 2 is 2.21 bits per heavy atom. The van der Waals surface area contributed by atoms with Crippen LogP contribution in [0.15, 0.2) is 12.1 Å². The van der Waals surface area contributed by atoms with Gasteiger partial charge in [0.25, 0.3) is 0 Å². The van der Waals surface area contributed by atoms with E-state index in [1.165, 1.54) is 0 Å². The second-order valence-corrected chi connectivity index (χ2v) is 3.25. The van der Waals surface area contributed by atoms with E-state index in [0.29, 0.717) is 0 Å². The van der Waals surface area contributed by atoms with E-state index < -0.39 is 11.9 Å². The molecule has 0 saturated carbocycles. The van der Waals surface area contributed by atoms with Crippen LogP contribution in [-0.2, 0) is 0 Å². The van der Waals surface area contributed by atoms with E-state index in [0.717, 1.165) is 12.1 Å². The van der Waals surface area contributed by atoms with Crippen LogP contribution in [0.25, 0.3) is 0 Å². The van der Waals surface area contributed by atoms with Gasteiger partial charge in [0.1, 0.15) is 11.6 Å². The zero-order valence-electron chi connectivity index (χ0n) is 7.59. The molecule has 5 heteroatoms. The highest BCUT2D eigenvalue weighted by Crippen LogP contribution is 2.32. The number of hydrogen-bond donors (Lipinski definition) is 3. The molecule has 3 N–H and O–H groups in total. The Balaban J connectivity index is 3.11. The van der Waals surface area contributed by atoms with Crippen LogP contribution in [0.1, 0.15) is 11.7 Å². The lowest BCUT2D eigenvalue weighted by Crippen LogP contribution is -2.18. The highest BCUT2D eigenvalue weighted by Gasteiger charge is 2.18. The molecule has 3 nitrogen and oxygen atoms in total. The van der Waals surface area contributed by atoms with E-state index in [4.69, 9.17) is 11.6 Å². The van der Waals surface area contributed by atoms with Crippen LogP contribution >= 0.6 is 11.6 Å². The third kappa shape index (κ3) is 2.15. The molecule has 0 amide bonds. The van der Waals surface area contributed by atoms with Gasteiger partial charge in [0.05, 0.1) is 11.1 Å². The van der Waals surface area contributed by atoms with E-state index in [1.54, 1.807) is 7.05 Å². The molecule has 0 aromatic heterocycles. The maximum atomic E-state index is 13.2. The first-order valence-corrected chi connectivity index (χ1v) is 4.45. The Labute approximate surface area is 86.1 Å². The van der Waals surface area contributed by atoms with Crippen LogP contribution in [0.5, 0.6) is 5.75 Å². The summed E-state index contributed by atoms with van der Waals surface area (Å²) in [6, 6.07) is 2.21. The number of hydrogen-bond acceptors (Lipinski definition) is 3. The monoisotopic (exact) mass is 219 g/mol. The minimum absolute atomic E-state index is 0.0824. The standard InChI is InChI=1S/C9H11ClFNO2/c1-12-4-7(14)8-5(11)2-3-6(13)9(8)10/h2-3,7,12-14H,4H2,1H3. The number of aliphatic hydroxyl groups excluding tert-OH is 1. The molecule has 1 aromatic carbocycles. The van der Waals surface area contributed by atoms with E-state index >= 15 is 0 Å². The molecule has 78 valence electrons. The first-order chi connectivity index (χ1) is 6.57. The first-order valence-electron chi connectivity index (χ1n) is 4.07.